The van der Waals surface area contributed by atoms with Crippen LogP contribution in [0.25, 0.3) is 88.6 Å². The number of benzene rings is 7. The Morgan fingerprint density at radius 1 is 0.350 bits per heavy atom. The third-order valence-electron chi connectivity index (χ3n) is 17.1. The molecule has 3 unspecified atom stereocenters. The topological polar surface area (TPSA) is 201 Å². The number of fused-ring (bicyclic) bond motifs is 4. The lowest BCUT2D eigenvalue weighted by Crippen LogP contribution is -2.19. The number of ether oxygens (including phenoxy) is 4. The Hall–Kier alpha value is -10.4. The Bertz CT molecular complexity index is 4440. The van der Waals surface area contributed by atoms with Crippen LogP contribution in [0, 0.1) is 23.7 Å². The molecular weight excluding hydrogens is 1280 g/mol. The van der Waals surface area contributed by atoms with Crippen molar-refractivity contribution in [1.82, 2.24) is 24.9 Å². The van der Waals surface area contributed by atoms with E-state index in [4.69, 9.17) is 38.9 Å². The number of aromatic nitrogens is 5. The van der Waals surface area contributed by atoms with E-state index in [0.29, 0.717) is 43.5 Å². The van der Waals surface area contributed by atoms with Crippen molar-refractivity contribution in [3.05, 3.63) is 212 Å². The predicted molar refractivity (Wildman–Crippen MR) is 427 cm³/mol. The molecule has 0 amide bonds. The minimum absolute atomic E-state index is 0.304. The van der Waals surface area contributed by atoms with Crippen molar-refractivity contribution >= 4 is 66.5 Å². The first-order valence-corrected chi connectivity index (χ1v) is 35.8. The number of anilines is 4. The number of rotatable bonds is 27. The van der Waals surface area contributed by atoms with Crippen LogP contribution in [0.2, 0.25) is 0 Å². The van der Waals surface area contributed by atoms with Gasteiger partial charge in [-0.05, 0) is 195 Å². The molecule has 6 N–H and O–H groups in total. The van der Waals surface area contributed by atoms with Crippen LogP contribution >= 0.6 is 0 Å². The van der Waals surface area contributed by atoms with Crippen LogP contribution < -0.4 is 39.8 Å². The van der Waals surface area contributed by atoms with E-state index in [0.717, 1.165) is 161 Å². The molecule has 5 heterocycles. The van der Waals surface area contributed by atoms with Crippen molar-refractivity contribution in [3.63, 3.8) is 0 Å². The molecule has 16 nitrogen and oxygen atoms in total. The SMILES string of the molecule is CC(C)CC(O)COc1ccc2nc(-c3ccc(N(C)C)cc3)ccc2c1.CNc1ccc(-c2ccc3cc(OCC(O)CC(C)C)ccc3n2)cc1.CNc1ccc(-c2ccc3cc(OCC(O)CC(C)C)ccc3n2)cn1.CNc1ccc(-c2ccc3cc(OCCC(C)C)ccc3n2)cc1. The van der Waals surface area contributed by atoms with Crippen LogP contribution in [0.4, 0.5) is 22.9 Å². The maximum atomic E-state index is 9.97. The highest BCUT2D eigenvalue weighted by Crippen LogP contribution is 2.31. The molecule has 103 heavy (non-hydrogen) atoms. The molecule has 0 fully saturated rings. The number of pyridine rings is 5. The lowest BCUT2D eigenvalue weighted by molar-refractivity contribution is 0.0892. The molecule has 0 aliphatic carbocycles. The van der Waals surface area contributed by atoms with Crippen LogP contribution in [0.3, 0.4) is 0 Å². The molecule has 5 aromatic heterocycles. The van der Waals surface area contributed by atoms with E-state index in [9.17, 15) is 15.3 Å². The fourth-order valence-corrected chi connectivity index (χ4v) is 11.5. The normalized spacial score (nSPS) is 12.0. The van der Waals surface area contributed by atoms with Gasteiger partial charge in [0, 0.05) is 102 Å². The largest absolute Gasteiger partial charge is 0.494 e. The predicted octanol–water partition coefficient (Wildman–Crippen LogP) is 19.0. The van der Waals surface area contributed by atoms with Gasteiger partial charge in [0.05, 0.1) is 69.8 Å². The molecule has 0 saturated heterocycles. The highest BCUT2D eigenvalue weighted by atomic mass is 16.5. The number of aliphatic hydroxyl groups excluding tert-OH is 3. The van der Waals surface area contributed by atoms with Gasteiger partial charge in [0.15, 0.2) is 0 Å². The van der Waals surface area contributed by atoms with Gasteiger partial charge in [-0.25, -0.2) is 24.9 Å². The summed E-state index contributed by atoms with van der Waals surface area (Å²) in [5.74, 6) is 6.02. The first-order chi connectivity index (χ1) is 49.7. The minimum atomic E-state index is -0.445. The van der Waals surface area contributed by atoms with Crippen molar-refractivity contribution in [3.8, 4) is 68.0 Å². The fourth-order valence-electron chi connectivity index (χ4n) is 11.5. The fraction of sp³-hybridized carbons (Fsp3) is 0.322. The van der Waals surface area contributed by atoms with E-state index in [2.05, 4.69) is 172 Å². The summed E-state index contributed by atoms with van der Waals surface area (Å²) in [6.07, 6.45) is 3.78. The van der Waals surface area contributed by atoms with Gasteiger partial charge in [-0.1, -0.05) is 116 Å². The molecule has 538 valence electrons. The van der Waals surface area contributed by atoms with Gasteiger partial charge in [0.1, 0.15) is 48.6 Å². The van der Waals surface area contributed by atoms with E-state index in [-0.39, 0.29) is 0 Å². The Morgan fingerprint density at radius 3 is 0.961 bits per heavy atom. The lowest BCUT2D eigenvalue weighted by Gasteiger charge is -2.14. The molecule has 7 aromatic carbocycles. The van der Waals surface area contributed by atoms with Crippen LogP contribution in [0.1, 0.15) is 81.1 Å². The molecule has 12 aromatic rings. The molecule has 0 bridgehead atoms. The zero-order chi connectivity index (χ0) is 73.4. The zero-order valence-electron chi connectivity index (χ0n) is 62.1. The molecule has 16 heteroatoms. The molecule has 0 aliphatic heterocycles. The summed E-state index contributed by atoms with van der Waals surface area (Å²) in [5.41, 5.74) is 15.1. The quantitative estimate of drug-likeness (QED) is 0.0284. The van der Waals surface area contributed by atoms with Gasteiger partial charge >= 0.3 is 0 Å². The first kappa shape index (κ1) is 76.8. The van der Waals surface area contributed by atoms with Crippen molar-refractivity contribution < 1.29 is 34.3 Å². The van der Waals surface area contributed by atoms with Crippen molar-refractivity contribution in [2.24, 2.45) is 23.7 Å². The van der Waals surface area contributed by atoms with Crippen molar-refractivity contribution in [2.75, 3.05) is 82.5 Å². The van der Waals surface area contributed by atoms with Crippen LogP contribution in [0.5, 0.6) is 23.0 Å². The van der Waals surface area contributed by atoms with E-state index in [1.54, 1.807) is 0 Å². The van der Waals surface area contributed by atoms with Gasteiger partial charge in [-0.2, -0.15) is 0 Å². The summed E-state index contributed by atoms with van der Waals surface area (Å²) >= 11 is 0. The maximum Gasteiger partial charge on any atom is 0.125 e. The Balaban J connectivity index is 0.000000160. The highest BCUT2D eigenvalue weighted by Gasteiger charge is 2.14. The molecule has 12 rings (SSSR count). The number of nitrogens with zero attached hydrogens (tertiary/aromatic N) is 6. The monoisotopic (exact) mass is 1390 g/mol. The van der Waals surface area contributed by atoms with Gasteiger partial charge in [-0.3, -0.25) is 0 Å². The van der Waals surface area contributed by atoms with Crippen LogP contribution in [-0.4, -0.2) is 120 Å². The van der Waals surface area contributed by atoms with Gasteiger partial charge in [0.25, 0.3) is 0 Å². The van der Waals surface area contributed by atoms with E-state index < -0.39 is 18.3 Å². The third-order valence-corrected chi connectivity index (χ3v) is 17.1. The number of hydrogen-bond donors (Lipinski definition) is 6. The average molecular weight is 1390 g/mol. The van der Waals surface area contributed by atoms with Gasteiger partial charge in [0.2, 0.25) is 0 Å². The van der Waals surface area contributed by atoms with Crippen molar-refractivity contribution in [1.29, 1.82) is 0 Å². The third kappa shape index (κ3) is 23.6. The number of aliphatic hydroxyl groups is 3. The first-order valence-electron chi connectivity index (χ1n) is 35.8. The maximum absolute atomic E-state index is 9.97. The Morgan fingerprint density at radius 2 is 0.670 bits per heavy atom. The van der Waals surface area contributed by atoms with E-state index in [1.165, 1.54) is 5.69 Å². The summed E-state index contributed by atoms with van der Waals surface area (Å²) in [7, 11) is 9.74. The highest BCUT2D eigenvalue weighted by molar-refractivity contribution is 5.86. The smallest absolute Gasteiger partial charge is 0.125 e. The second-order valence-corrected chi connectivity index (χ2v) is 27.8. The second kappa shape index (κ2) is 38.0. The minimum Gasteiger partial charge on any atom is -0.494 e. The molecule has 3 atom stereocenters. The van der Waals surface area contributed by atoms with E-state index >= 15 is 0 Å². The summed E-state index contributed by atoms with van der Waals surface area (Å²) in [6, 6.07) is 68.8. The summed E-state index contributed by atoms with van der Waals surface area (Å²) in [6.45, 7) is 18.6. The molecule has 0 spiro atoms. The summed E-state index contributed by atoms with van der Waals surface area (Å²) < 4.78 is 23.0. The van der Waals surface area contributed by atoms with Crippen molar-refractivity contribution in [2.45, 2.75) is 99.4 Å². The Labute approximate surface area is 608 Å². The molecule has 0 saturated carbocycles. The zero-order valence-corrected chi connectivity index (χ0v) is 62.1. The second-order valence-electron chi connectivity index (χ2n) is 27.8. The molecule has 0 radical (unpaired) electrons. The van der Waals surface area contributed by atoms with Crippen LogP contribution in [-0.2, 0) is 0 Å². The number of nitrogens with one attached hydrogen (secondary N) is 3. The van der Waals surface area contributed by atoms with Gasteiger partial charge in [-0.15, -0.1) is 0 Å². The average Bonchev–Trinajstić information content (AvgIpc) is 0.834. The summed E-state index contributed by atoms with van der Waals surface area (Å²) in [4.78, 5) is 25.4. The molecule has 0 aliphatic rings. The number of hydrogen-bond acceptors (Lipinski definition) is 16. The van der Waals surface area contributed by atoms with Gasteiger partial charge < -0.3 is 55.1 Å². The van der Waals surface area contributed by atoms with Crippen LogP contribution in [0.15, 0.2) is 212 Å². The molecular formula is C87H103N9O7. The summed E-state index contributed by atoms with van der Waals surface area (Å²) in [5, 5.41) is 43.3. The Kier molecular flexibility index (Phi) is 28.4. The standard InChI is InChI=1S/C23H28N2O2.C22H26N2O2.C21H25N3O2.C21H24N2O/c1-16(2)13-20(26)15-27-21-10-12-23-18(14-21)7-11-22(24-23)17-5-8-19(9-6-17)25(3)4;1-15(2)12-19(25)14-26-20-9-11-22-17(13-20)6-10-21(24-22)16-4-7-18(23-3)8-5-16;1-14(2)10-17(25)13-26-18-6-8-19-15(11-18)4-7-20(24-19)16-5-9-21(22-3)23-12-16;1-15(2)12-13-24-19-9-11-21-17(14-19)6-10-20(23-21)16-4-7-18(22-3)8-5-16/h5-12,14,16,20,26H,13,15H2,1-4H3;4-11,13,15,19,23,25H,12,14H2,1-3H3;4-9,11-12,14,17,25H,10,13H2,1-3H3,(H,22,23);4-11,14-15,22H,12-13H2,1-3H3. The van der Waals surface area contributed by atoms with E-state index in [1.807, 2.05) is 157 Å². The lowest BCUT2D eigenvalue weighted by atomic mass is 10.1.